The van der Waals surface area contributed by atoms with Gasteiger partial charge in [0, 0.05) is 33.2 Å². The van der Waals surface area contributed by atoms with Crippen LogP contribution in [0.15, 0.2) is 18.2 Å². The lowest BCUT2D eigenvalue weighted by Crippen LogP contribution is -2.44. The lowest BCUT2D eigenvalue weighted by atomic mass is 10.0. The molecule has 0 radical (unpaired) electrons. The van der Waals surface area contributed by atoms with Gasteiger partial charge in [-0.05, 0) is 31.0 Å². The molecule has 116 valence electrons. The number of halogens is 2. The van der Waals surface area contributed by atoms with Crippen LogP contribution in [0, 0.1) is 11.6 Å². The Morgan fingerprint density at radius 1 is 1.33 bits per heavy atom. The standard InChI is InChI=1S/C15H21F2N3O/c1-19(2)15(21)10-20-7-5-12(6-8-20)18-14-9-11(16)3-4-13(14)17/h3-4,9,12,18H,5-8,10H2,1-2H3. The molecule has 1 aromatic carbocycles. The fourth-order valence-corrected chi connectivity index (χ4v) is 2.40. The predicted octanol–water partition coefficient (Wildman–Crippen LogP) is 1.93. The van der Waals surface area contributed by atoms with E-state index in [1.807, 2.05) is 0 Å². The molecule has 1 saturated heterocycles. The molecule has 0 bridgehead atoms. The number of rotatable bonds is 4. The third-order valence-electron chi connectivity index (χ3n) is 3.73. The molecule has 1 fully saturated rings. The van der Waals surface area contributed by atoms with Crippen molar-refractivity contribution < 1.29 is 13.6 Å². The summed E-state index contributed by atoms with van der Waals surface area (Å²) < 4.78 is 26.7. The van der Waals surface area contributed by atoms with Gasteiger partial charge in [0.1, 0.15) is 11.6 Å². The fourth-order valence-electron chi connectivity index (χ4n) is 2.40. The zero-order valence-corrected chi connectivity index (χ0v) is 12.4. The first-order valence-corrected chi connectivity index (χ1v) is 7.10. The van der Waals surface area contributed by atoms with E-state index >= 15 is 0 Å². The summed E-state index contributed by atoms with van der Waals surface area (Å²) in [6.07, 6.45) is 1.60. The van der Waals surface area contributed by atoms with E-state index < -0.39 is 11.6 Å². The molecular formula is C15H21F2N3O. The Labute approximate surface area is 123 Å². The molecule has 0 aromatic heterocycles. The number of piperidine rings is 1. The van der Waals surface area contributed by atoms with Gasteiger partial charge in [-0.3, -0.25) is 9.69 Å². The Morgan fingerprint density at radius 2 is 2.00 bits per heavy atom. The average molecular weight is 297 g/mol. The van der Waals surface area contributed by atoms with Crippen molar-refractivity contribution in [2.24, 2.45) is 0 Å². The molecular weight excluding hydrogens is 276 g/mol. The van der Waals surface area contributed by atoms with Crippen LogP contribution in [0.2, 0.25) is 0 Å². The van der Waals surface area contributed by atoms with Gasteiger partial charge in [-0.1, -0.05) is 0 Å². The van der Waals surface area contributed by atoms with Crippen molar-refractivity contribution in [1.29, 1.82) is 0 Å². The Morgan fingerprint density at radius 3 is 2.62 bits per heavy atom. The second kappa shape index (κ2) is 6.85. The van der Waals surface area contributed by atoms with E-state index in [4.69, 9.17) is 0 Å². The fraction of sp³-hybridized carbons (Fsp3) is 0.533. The average Bonchev–Trinajstić information content (AvgIpc) is 2.45. The number of carbonyl (C=O) groups is 1. The number of benzene rings is 1. The van der Waals surface area contributed by atoms with Gasteiger partial charge in [0.05, 0.1) is 12.2 Å². The minimum atomic E-state index is -0.451. The number of nitrogens with one attached hydrogen (secondary N) is 1. The van der Waals surface area contributed by atoms with E-state index in [9.17, 15) is 13.6 Å². The molecule has 1 aliphatic heterocycles. The largest absolute Gasteiger partial charge is 0.380 e. The molecule has 21 heavy (non-hydrogen) atoms. The van der Waals surface area contributed by atoms with Gasteiger partial charge in [0.25, 0.3) is 0 Å². The van der Waals surface area contributed by atoms with Crippen molar-refractivity contribution >= 4 is 11.6 Å². The first-order valence-electron chi connectivity index (χ1n) is 7.10. The quantitative estimate of drug-likeness (QED) is 0.922. The van der Waals surface area contributed by atoms with E-state index in [1.165, 1.54) is 6.07 Å². The first-order chi connectivity index (χ1) is 9.95. The molecule has 1 N–H and O–H groups in total. The Bertz CT molecular complexity index is 500. The number of carbonyl (C=O) groups excluding carboxylic acids is 1. The molecule has 0 atom stereocenters. The molecule has 0 saturated carbocycles. The van der Waals surface area contributed by atoms with Crippen LogP contribution < -0.4 is 5.32 Å². The molecule has 0 unspecified atom stereocenters. The van der Waals surface area contributed by atoms with Crippen molar-refractivity contribution in [2.75, 3.05) is 39.0 Å². The maximum Gasteiger partial charge on any atom is 0.236 e. The lowest BCUT2D eigenvalue weighted by molar-refractivity contribution is -0.130. The summed E-state index contributed by atoms with van der Waals surface area (Å²) >= 11 is 0. The van der Waals surface area contributed by atoms with Crippen LogP contribution in [0.25, 0.3) is 0 Å². The summed E-state index contributed by atoms with van der Waals surface area (Å²) in [5, 5.41) is 3.05. The van der Waals surface area contributed by atoms with Crippen LogP contribution in [0.3, 0.4) is 0 Å². The number of hydrogen-bond donors (Lipinski definition) is 1. The van der Waals surface area contributed by atoms with Gasteiger partial charge in [-0.15, -0.1) is 0 Å². The van der Waals surface area contributed by atoms with Gasteiger partial charge < -0.3 is 10.2 Å². The third kappa shape index (κ3) is 4.39. The zero-order valence-electron chi connectivity index (χ0n) is 12.4. The van der Waals surface area contributed by atoms with Crippen molar-refractivity contribution in [2.45, 2.75) is 18.9 Å². The predicted molar refractivity (Wildman–Crippen MR) is 78.1 cm³/mol. The van der Waals surface area contributed by atoms with E-state index in [0.717, 1.165) is 38.1 Å². The number of nitrogens with zero attached hydrogens (tertiary/aromatic N) is 2. The molecule has 0 spiro atoms. The van der Waals surface area contributed by atoms with Gasteiger partial charge in [-0.25, -0.2) is 8.78 Å². The summed E-state index contributed by atoms with van der Waals surface area (Å²) in [6, 6.07) is 3.52. The Kier molecular flexibility index (Phi) is 5.12. The molecule has 1 aromatic rings. The molecule has 1 heterocycles. The normalized spacial score (nSPS) is 16.8. The monoisotopic (exact) mass is 297 g/mol. The molecule has 6 heteroatoms. The first kappa shape index (κ1) is 15.7. The summed E-state index contributed by atoms with van der Waals surface area (Å²) in [6.45, 7) is 1.95. The SMILES string of the molecule is CN(C)C(=O)CN1CCC(Nc2cc(F)ccc2F)CC1. The van der Waals surface area contributed by atoms with Crippen molar-refractivity contribution in [3.8, 4) is 0 Å². The van der Waals surface area contributed by atoms with Crippen LogP contribution in [0.5, 0.6) is 0 Å². The van der Waals surface area contributed by atoms with Gasteiger partial charge in [-0.2, -0.15) is 0 Å². The minimum absolute atomic E-state index is 0.0811. The van der Waals surface area contributed by atoms with Crippen LogP contribution in [0.1, 0.15) is 12.8 Å². The highest BCUT2D eigenvalue weighted by Crippen LogP contribution is 2.20. The molecule has 1 amide bonds. The maximum absolute atomic E-state index is 13.6. The molecule has 4 nitrogen and oxygen atoms in total. The number of likely N-dealkylation sites (N-methyl/N-ethyl adjacent to an activating group) is 1. The lowest BCUT2D eigenvalue weighted by Gasteiger charge is -2.33. The molecule has 2 rings (SSSR count). The second-order valence-corrected chi connectivity index (χ2v) is 5.61. The van der Waals surface area contributed by atoms with E-state index in [0.29, 0.717) is 6.54 Å². The highest BCUT2D eigenvalue weighted by molar-refractivity contribution is 5.77. The number of anilines is 1. The van der Waals surface area contributed by atoms with Crippen LogP contribution in [-0.4, -0.2) is 55.5 Å². The van der Waals surface area contributed by atoms with Crippen LogP contribution in [-0.2, 0) is 4.79 Å². The van der Waals surface area contributed by atoms with Crippen molar-refractivity contribution in [3.05, 3.63) is 29.8 Å². The van der Waals surface area contributed by atoms with Gasteiger partial charge in [0.2, 0.25) is 5.91 Å². The summed E-state index contributed by atoms with van der Waals surface area (Å²) in [4.78, 5) is 15.3. The maximum atomic E-state index is 13.6. The highest BCUT2D eigenvalue weighted by Gasteiger charge is 2.22. The van der Waals surface area contributed by atoms with E-state index in [2.05, 4.69) is 10.2 Å². The molecule has 1 aliphatic rings. The van der Waals surface area contributed by atoms with Gasteiger partial charge in [0.15, 0.2) is 0 Å². The molecule has 0 aliphatic carbocycles. The Balaban J connectivity index is 1.84. The van der Waals surface area contributed by atoms with Crippen LogP contribution >= 0.6 is 0 Å². The topological polar surface area (TPSA) is 35.6 Å². The summed E-state index contributed by atoms with van der Waals surface area (Å²) in [5.41, 5.74) is 0.206. The van der Waals surface area contributed by atoms with Crippen LogP contribution in [0.4, 0.5) is 14.5 Å². The summed E-state index contributed by atoms with van der Waals surface area (Å²) in [5.74, 6) is -0.813. The minimum Gasteiger partial charge on any atom is -0.380 e. The smallest absolute Gasteiger partial charge is 0.236 e. The van der Waals surface area contributed by atoms with Gasteiger partial charge >= 0.3 is 0 Å². The number of likely N-dealkylation sites (tertiary alicyclic amines) is 1. The van der Waals surface area contributed by atoms with E-state index in [1.54, 1.807) is 19.0 Å². The third-order valence-corrected chi connectivity index (χ3v) is 3.73. The second-order valence-electron chi connectivity index (χ2n) is 5.61. The van der Waals surface area contributed by atoms with Crippen molar-refractivity contribution in [1.82, 2.24) is 9.80 Å². The Hall–Kier alpha value is -1.69. The summed E-state index contributed by atoms with van der Waals surface area (Å²) in [7, 11) is 3.48. The van der Waals surface area contributed by atoms with E-state index in [-0.39, 0.29) is 17.6 Å². The number of hydrogen-bond acceptors (Lipinski definition) is 3. The highest BCUT2D eigenvalue weighted by atomic mass is 19.1. The number of amides is 1. The van der Waals surface area contributed by atoms with Crippen molar-refractivity contribution in [3.63, 3.8) is 0 Å². The zero-order chi connectivity index (χ0) is 15.4.